The number of carbonyl (C=O) groups is 1. The Kier molecular flexibility index (Phi) is 3.19. The van der Waals surface area contributed by atoms with Gasteiger partial charge in [-0.3, -0.25) is 0 Å². The number of nitrogens with one attached hydrogen (secondary N) is 2. The highest BCUT2D eigenvalue weighted by atomic mass is 16.3. The molecule has 0 unspecified atom stereocenters. The van der Waals surface area contributed by atoms with Crippen LogP contribution in [0.15, 0.2) is 45.2 Å². The molecule has 2 amide bonds. The number of aryl methyl sites for hydroxylation is 2. The fourth-order valence-electron chi connectivity index (χ4n) is 2.53. The van der Waals surface area contributed by atoms with Gasteiger partial charge >= 0.3 is 6.03 Å². The summed E-state index contributed by atoms with van der Waals surface area (Å²) in [4.78, 5) is 20.6. The van der Waals surface area contributed by atoms with E-state index in [4.69, 9.17) is 8.83 Å². The van der Waals surface area contributed by atoms with Crippen LogP contribution < -0.4 is 10.6 Å². The zero-order valence-electron chi connectivity index (χ0n) is 13.1. The number of benzene rings is 2. The molecule has 2 heterocycles. The third-order valence-corrected chi connectivity index (χ3v) is 3.50. The van der Waals surface area contributed by atoms with Gasteiger partial charge in [0, 0.05) is 25.2 Å². The van der Waals surface area contributed by atoms with E-state index in [1.165, 1.54) is 0 Å². The summed E-state index contributed by atoms with van der Waals surface area (Å²) in [5.74, 6) is 1.17. The Bertz CT molecular complexity index is 980. The maximum absolute atomic E-state index is 12.2. The molecule has 0 aliphatic heterocycles. The van der Waals surface area contributed by atoms with E-state index in [1.807, 2.05) is 0 Å². The summed E-state index contributed by atoms with van der Waals surface area (Å²) in [5, 5.41) is 5.54. The maximum Gasteiger partial charge on any atom is 0.323 e. The Morgan fingerprint density at radius 2 is 1.29 bits per heavy atom. The second-order valence-electron chi connectivity index (χ2n) is 5.41. The van der Waals surface area contributed by atoms with E-state index < -0.39 is 0 Å². The summed E-state index contributed by atoms with van der Waals surface area (Å²) in [6.45, 7) is 3.56. The van der Waals surface area contributed by atoms with E-state index in [0.29, 0.717) is 45.4 Å². The third kappa shape index (κ3) is 2.67. The van der Waals surface area contributed by atoms with Gasteiger partial charge in [0.1, 0.15) is 11.0 Å². The van der Waals surface area contributed by atoms with Crippen LogP contribution >= 0.6 is 0 Å². The molecule has 7 heteroatoms. The predicted octanol–water partition coefficient (Wildman–Crippen LogP) is 4.23. The lowest BCUT2D eigenvalue weighted by molar-refractivity contribution is 0.262. The highest BCUT2D eigenvalue weighted by molar-refractivity contribution is 6.01. The standard InChI is InChI=1S/C17H14N4O3/c1-9-18-13-7-11(3-5-15(13)23-9)20-17(22)21-12-4-6-16-14(8-12)19-10(2)24-16/h3-8H,1-2H3,(H2,20,21,22). The molecule has 0 bridgehead atoms. The maximum atomic E-state index is 12.2. The van der Waals surface area contributed by atoms with Crippen LogP contribution in [-0.4, -0.2) is 16.0 Å². The Labute approximate surface area is 136 Å². The first-order chi connectivity index (χ1) is 11.6. The summed E-state index contributed by atoms with van der Waals surface area (Å²) >= 11 is 0. The molecule has 2 aromatic carbocycles. The van der Waals surface area contributed by atoms with Crippen LogP contribution in [0.3, 0.4) is 0 Å². The summed E-state index contributed by atoms with van der Waals surface area (Å²) in [5.41, 5.74) is 4.03. The van der Waals surface area contributed by atoms with Crippen LogP contribution in [0.5, 0.6) is 0 Å². The third-order valence-electron chi connectivity index (χ3n) is 3.50. The Morgan fingerprint density at radius 3 is 1.75 bits per heavy atom. The normalized spacial score (nSPS) is 11.1. The van der Waals surface area contributed by atoms with Crippen LogP contribution in [-0.2, 0) is 0 Å². The number of aromatic nitrogens is 2. The molecule has 24 heavy (non-hydrogen) atoms. The highest BCUT2D eigenvalue weighted by Gasteiger charge is 2.08. The molecule has 120 valence electrons. The van der Waals surface area contributed by atoms with E-state index in [1.54, 1.807) is 50.2 Å². The molecule has 0 saturated carbocycles. The van der Waals surface area contributed by atoms with Gasteiger partial charge in [-0.25, -0.2) is 14.8 Å². The van der Waals surface area contributed by atoms with Crippen LogP contribution in [0.25, 0.3) is 22.2 Å². The first-order valence-electron chi connectivity index (χ1n) is 7.39. The van der Waals surface area contributed by atoms with Crippen molar-refractivity contribution in [2.24, 2.45) is 0 Å². The molecule has 0 atom stereocenters. The molecular formula is C17H14N4O3. The molecular weight excluding hydrogens is 308 g/mol. The van der Waals surface area contributed by atoms with Crippen LogP contribution in [0.4, 0.5) is 16.2 Å². The molecule has 2 aromatic heterocycles. The quantitative estimate of drug-likeness (QED) is 0.576. The van der Waals surface area contributed by atoms with Gasteiger partial charge < -0.3 is 19.5 Å². The number of oxazole rings is 2. The molecule has 2 N–H and O–H groups in total. The topological polar surface area (TPSA) is 93.2 Å². The van der Waals surface area contributed by atoms with Crippen molar-refractivity contribution in [3.05, 3.63) is 48.2 Å². The van der Waals surface area contributed by atoms with Crippen LogP contribution in [0, 0.1) is 13.8 Å². The second-order valence-corrected chi connectivity index (χ2v) is 5.41. The van der Waals surface area contributed by atoms with Gasteiger partial charge in [-0.15, -0.1) is 0 Å². The predicted molar refractivity (Wildman–Crippen MR) is 90.1 cm³/mol. The first kappa shape index (κ1) is 14.3. The summed E-state index contributed by atoms with van der Waals surface area (Å²) in [7, 11) is 0. The first-order valence-corrected chi connectivity index (χ1v) is 7.39. The van der Waals surface area contributed by atoms with Crippen LogP contribution in [0.2, 0.25) is 0 Å². The molecule has 0 aliphatic carbocycles. The summed E-state index contributed by atoms with van der Waals surface area (Å²) < 4.78 is 10.8. The van der Waals surface area contributed by atoms with E-state index in [0.717, 1.165) is 0 Å². The number of hydrogen-bond acceptors (Lipinski definition) is 5. The SMILES string of the molecule is Cc1nc2cc(NC(=O)Nc3ccc4oc(C)nc4c3)ccc2o1. The fraction of sp³-hybridized carbons (Fsp3) is 0.118. The van der Waals surface area contributed by atoms with Crippen molar-refractivity contribution in [1.29, 1.82) is 0 Å². The summed E-state index contributed by atoms with van der Waals surface area (Å²) in [6.07, 6.45) is 0. The minimum Gasteiger partial charge on any atom is -0.441 e. The van der Waals surface area contributed by atoms with Crippen molar-refractivity contribution >= 4 is 39.6 Å². The Hall–Kier alpha value is -3.35. The second kappa shape index (κ2) is 5.38. The monoisotopic (exact) mass is 322 g/mol. The van der Waals surface area contributed by atoms with Gasteiger partial charge in [0.2, 0.25) is 0 Å². The average Bonchev–Trinajstić information content (AvgIpc) is 3.06. The van der Waals surface area contributed by atoms with Crippen LogP contribution in [0.1, 0.15) is 11.8 Å². The number of anilines is 2. The lowest BCUT2D eigenvalue weighted by Crippen LogP contribution is -2.19. The van der Waals surface area contributed by atoms with Crippen molar-refractivity contribution in [3.63, 3.8) is 0 Å². The smallest absolute Gasteiger partial charge is 0.323 e. The lowest BCUT2D eigenvalue weighted by atomic mass is 10.3. The van der Waals surface area contributed by atoms with Gasteiger partial charge in [0.05, 0.1) is 0 Å². The van der Waals surface area contributed by atoms with E-state index in [9.17, 15) is 4.79 Å². The van der Waals surface area contributed by atoms with Crippen molar-refractivity contribution < 1.29 is 13.6 Å². The van der Waals surface area contributed by atoms with Gasteiger partial charge in [0.15, 0.2) is 22.9 Å². The molecule has 4 rings (SSSR count). The van der Waals surface area contributed by atoms with Crippen molar-refractivity contribution in [2.45, 2.75) is 13.8 Å². The number of urea groups is 1. The number of amides is 2. The number of fused-ring (bicyclic) bond motifs is 2. The minimum atomic E-state index is -0.353. The largest absolute Gasteiger partial charge is 0.441 e. The number of hydrogen-bond donors (Lipinski definition) is 2. The van der Waals surface area contributed by atoms with Gasteiger partial charge in [-0.1, -0.05) is 0 Å². The molecule has 0 spiro atoms. The molecule has 7 nitrogen and oxygen atoms in total. The molecule has 0 radical (unpaired) electrons. The number of rotatable bonds is 2. The Balaban J connectivity index is 1.51. The minimum absolute atomic E-state index is 0.353. The molecule has 0 aliphatic rings. The number of carbonyl (C=O) groups excluding carboxylic acids is 1. The van der Waals surface area contributed by atoms with E-state index in [2.05, 4.69) is 20.6 Å². The van der Waals surface area contributed by atoms with Gasteiger partial charge in [-0.2, -0.15) is 0 Å². The highest BCUT2D eigenvalue weighted by Crippen LogP contribution is 2.21. The molecule has 4 aromatic rings. The molecule has 0 saturated heterocycles. The summed E-state index contributed by atoms with van der Waals surface area (Å²) in [6, 6.07) is 10.2. The fourth-order valence-corrected chi connectivity index (χ4v) is 2.53. The van der Waals surface area contributed by atoms with Gasteiger partial charge in [-0.05, 0) is 36.4 Å². The average molecular weight is 322 g/mol. The zero-order chi connectivity index (χ0) is 16.7. The zero-order valence-corrected chi connectivity index (χ0v) is 13.1. The van der Waals surface area contributed by atoms with E-state index >= 15 is 0 Å². The van der Waals surface area contributed by atoms with Gasteiger partial charge in [0.25, 0.3) is 0 Å². The molecule has 0 fully saturated rings. The van der Waals surface area contributed by atoms with E-state index in [-0.39, 0.29) is 6.03 Å². The van der Waals surface area contributed by atoms with Crippen molar-refractivity contribution in [2.75, 3.05) is 10.6 Å². The van der Waals surface area contributed by atoms with Crippen molar-refractivity contribution in [3.8, 4) is 0 Å². The van der Waals surface area contributed by atoms with Crippen molar-refractivity contribution in [1.82, 2.24) is 9.97 Å². The number of nitrogens with zero attached hydrogens (tertiary/aromatic N) is 2. The lowest BCUT2D eigenvalue weighted by Gasteiger charge is -2.07. The Morgan fingerprint density at radius 1 is 0.833 bits per heavy atom.